The van der Waals surface area contributed by atoms with Crippen LogP contribution in [0.25, 0.3) is 0 Å². The lowest BCUT2D eigenvalue weighted by Crippen LogP contribution is -2.47. The van der Waals surface area contributed by atoms with Gasteiger partial charge in [-0.1, -0.05) is 12.1 Å². The van der Waals surface area contributed by atoms with Crippen molar-refractivity contribution in [2.75, 3.05) is 26.3 Å². The minimum atomic E-state index is -0.112. The van der Waals surface area contributed by atoms with Crippen LogP contribution in [0.3, 0.4) is 0 Å². The number of ether oxygens (including phenoxy) is 2. The van der Waals surface area contributed by atoms with Crippen LogP contribution >= 0.6 is 0 Å². The summed E-state index contributed by atoms with van der Waals surface area (Å²) in [5.41, 5.74) is 2.12. The van der Waals surface area contributed by atoms with E-state index in [1.807, 2.05) is 16.7 Å². The molecule has 2 aromatic carbocycles. The lowest BCUT2D eigenvalue weighted by molar-refractivity contribution is 0.0521. The summed E-state index contributed by atoms with van der Waals surface area (Å²) in [5.74, 6) is 0.327. The molecule has 2 aliphatic rings. The first kappa shape index (κ1) is 36.5. The highest BCUT2D eigenvalue weighted by molar-refractivity contribution is 5.95. The summed E-state index contributed by atoms with van der Waals surface area (Å²) in [5, 5.41) is 19.5. The predicted octanol–water partition coefficient (Wildman–Crippen LogP) is 5.66. The largest absolute Gasteiger partial charge is 0.507 e. The lowest BCUT2D eigenvalue weighted by Gasteiger charge is -2.36. The summed E-state index contributed by atoms with van der Waals surface area (Å²) in [7, 11) is 0. The highest BCUT2D eigenvalue weighted by Crippen LogP contribution is 2.29. The molecule has 6 rings (SSSR count). The Kier molecular flexibility index (Phi) is 12.7. The number of nitrogens with zero attached hydrogens (tertiary/aromatic N) is 4. The van der Waals surface area contributed by atoms with Crippen LogP contribution in [0.2, 0.25) is 0 Å². The van der Waals surface area contributed by atoms with Gasteiger partial charge in [0.05, 0.1) is 34.3 Å². The molecule has 4 aromatic rings. The third-order valence-electron chi connectivity index (χ3n) is 9.11. The molecule has 0 aliphatic carbocycles. The second-order valence-corrected chi connectivity index (χ2v) is 12.4. The molecule has 2 saturated heterocycles. The van der Waals surface area contributed by atoms with Crippen molar-refractivity contribution < 1.29 is 38.9 Å². The Morgan fingerprint density at radius 3 is 1.80 bits per heavy atom. The van der Waals surface area contributed by atoms with E-state index in [-0.39, 0.29) is 59.7 Å². The van der Waals surface area contributed by atoms with Gasteiger partial charge in [-0.25, -0.2) is 0 Å². The van der Waals surface area contributed by atoms with Crippen molar-refractivity contribution in [2.45, 2.75) is 57.5 Å². The Morgan fingerprint density at radius 1 is 0.745 bits per heavy atom. The van der Waals surface area contributed by atoms with E-state index in [4.69, 9.17) is 9.47 Å². The number of pyridine rings is 2. The van der Waals surface area contributed by atoms with Gasteiger partial charge in [-0.05, 0) is 94.0 Å². The van der Waals surface area contributed by atoms with Gasteiger partial charge in [0, 0.05) is 37.4 Å². The number of aldehydes is 2. The van der Waals surface area contributed by atoms with Crippen LogP contribution in [-0.2, 0) is 0 Å². The molecule has 2 aromatic heterocycles. The third-order valence-corrected chi connectivity index (χ3v) is 9.11. The second-order valence-electron chi connectivity index (χ2n) is 12.4. The van der Waals surface area contributed by atoms with Gasteiger partial charge >= 0.3 is 0 Å². The summed E-state index contributed by atoms with van der Waals surface area (Å²) in [6.45, 7) is 3.71. The number of aryl methyl sites for hydroxylation is 1. The summed E-state index contributed by atoms with van der Waals surface area (Å²) in [6, 6.07) is 16.3. The van der Waals surface area contributed by atoms with Crippen molar-refractivity contribution in [1.82, 2.24) is 19.8 Å². The number of benzene rings is 2. The van der Waals surface area contributed by atoms with E-state index in [1.54, 1.807) is 67.1 Å². The number of aromatic hydroxyl groups is 2. The van der Waals surface area contributed by atoms with Crippen molar-refractivity contribution in [3.05, 3.63) is 107 Å². The SMILES string of the molecule is Cc1ncccc1C(=O)N1CCCC[C@H]1COc1cccc(O)c1C=O.O=Cc1c(O)cccc1OC[C@@H]1CCCCN1C(=O)c1cccnc1. The van der Waals surface area contributed by atoms with Gasteiger partial charge in [0.1, 0.15) is 36.2 Å². The number of piperidine rings is 2. The second kappa shape index (κ2) is 17.7. The Bertz CT molecular complexity index is 1820. The van der Waals surface area contributed by atoms with Crippen molar-refractivity contribution >= 4 is 24.4 Å². The Balaban J connectivity index is 0.000000198. The smallest absolute Gasteiger partial charge is 0.256 e. The number of phenolic OH excluding ortho intramolecular Hbond substituents is 2. The van der Waals surface area contributed by atoms with Gasteiger partial charge in [0.15, 0.2) is 12.6 Å². The summed E-state index contributed by atoms with van der Waals surface area (Å²) in [6.07, 6.45) is 11.6. The van der Waals surface area contributed by atoms with Crippen LogP contribution in [0.4, 0.5) is 0 Å². The number of hydrogen-bond donors (Lipinski definition) is 2. The van der Waals surface area contributed by atoms with E-state index in [0.717, 1.165) is 38.5 Å². The molecular weight excluding hydrogens is 652 g/mol. The Morgan fingerprint density at radius 2 is 1.29 bits per heavy atom. The lowest BCUT2D eigenvalue weighted by atomic mass is 10.0. The molecule has 0 radical (unpaired) electrons. The first-order chi connectivity index (χ1) is 24.8. The quantitative estimate of drug-likeness (QED) is 0.199. The average Bonchev–Trinajstić information content (AvgIpc) is 3.17. The Hall–Kier alpha value is -5.78. The first-order valence-corrected chi connectivity index (χ1v) is 17.1. The molecule has 2 fully saturated rings. The van der Waals surface area contributed by atoms with Gasteiger partial charge < -0.3 is 29.5 Å². The van der Waals surface area contributed by atoms with Gasteiger partial charge in [0.25, 0.3) is 11.8 Å². The highest BCUT2D eigenvalue weighted by atomic mass is 16.5. The van der Waals surface area contributed by atoms with Crippen LogP contribution in [-0.4, -0.2) is 92.8 Å². The molecule has 4 heterocycles. The fourth-order valence-corrected chi connectivity index (χ4v) is 6.33. The van der Waals surface area contributed by atoms with Gasteiger partial charge in [-0.2, -0.15) is 0 Å². The van der Waals surface area contributed by atoms with Crippen LogP contribution < -0.4 is 9.47 Å². The number of carbonyl (C=O) groups is 4. The molecule has 266 valence electrons. The molecule has 12 heteroatoms. The number of amides is 2. The molecule has 2 amide bonds. The molecule has 0 spiro atoms. The zero-order valence-corrected chi connectivity index (χ0v) is 28.5. The fourth-order valence-electron chi connectivity index (χ4n) is 6.33. The van der Waals surface area contributed by atoms with Crippen molar-refractivity contribution in [3.63, 3.8) is 0 Å². The van der Waals surface area contributed by atoms with Crippen molar-refractivity contribution in [3.8, 4) is 23.0 Å². The maximum absolute atomic E-state index is 13.0. The highest BCUT2D eigenvalue weighted by Gasteiger charge is 2.30. The summed E-state index contributed by atoms with van der Waals surface area (Å²) < 4.78 is 11.6. The van der Waals surface area contributed by atoms with Gasteiger partial charge in [0.2, 0.25) is 0 Å². The normalized spacial score (nSPS) is 17.0. The van der Waals surface area contributed by atoms with Crippen LogP contribution in [0, 0.1) is 6.92 Å². The number of rotatable bonds is 10. The zero-order valence-electron chi connectivity index (χ0n) is 28.5. The maximum atomic E-state index is 13.0. The molecule has 2 aliphatic heterocycles. The number of carbonyl (C=O) groups excluding carboxylic acids is 4. The molecule has 51 heavy (non-hydrogen) atoms. The average molecular weight is 695 g/mol. The van der Waals surface area contributed by atoms with E-state index in [9.17, 15) is 29.4 Å². The predicted molar refractivity (Wildman–Crippen MR) is 189 cm³/mol. The molecular formula is C39H42N4O8. The molecule has 0 bridgehead atoms. The molecule has 2 N–H and O–H groups in total. The van der Waals surface area contributed by atoms with E-state index in [1.165, 1.54) is 12.1 Å². The molecule has 0 saturated carbocycles. The number of likely N-dealkylation sites (tertiary alicyclic amines) is 2. The minimum absolute atomic E-state index is 0.0459. The fraction of sp³-hybridized carbons (Fsp3) is 0.333. The summed E-state index contributed by atoms with van der Waals surface area (Å²) >= 11 is 0. The third kappa shape index (κ3) is 9.07. The van der Waals surface area contributed by atoms with Gasteiger partial charge in [-0.3, -0.25) is 29.1 Å². The number of phenols is 2. The first-order valence-electron chi connectivity index (χ1n) is 17.1. The monoisotopic (exact) mass is 694 g/mol. The topological polar surface area (TPSA) is 159 Å². The number of aromatic nitrogens is 2. The summed E-state index contributed by atoms with van der Waals surface area (Å²) in [4.78, 5) is 59.9. The zero-order chi connectivity index (χ0) is 36.2. The van der Waals surface area contributed by atoms with E-state index in [2.05, 4.69) is 9.97 Å². The van der Waals surface area contributed by atoms with Crippen LogP contribution in [0.15, 0.2) is 79.3 Å². The minimum Gasteiger partial charge on any atom is -0.507 e. The van der Waals surface area contributed by atoms with Crippen molar-refractivity contribution in [1.29, 1.82) is 0 Å². The van der Waals surface area contributed by atoms with Crippen LogP contribution in [0.1, 0.15) is 85.7 Å². The van der Waals surface area contributed by atoms with Crippen LogP contribution in [0.5, 0.6) is 23.0 Å². The van der Waals surface area contributed by atoms with Crippen molar-refractivity contribution in [2.24, 2.45) is 0 Å². The van der Waals surface area contributed by atoms with E-state index < -0.39 is 0 Å². The Labute approximate surface area is 296 Å². The van der Waals surface area contributed by atoms with E-state index >= 15 is 0 Å². The number of hydrogen-bond acceptors (Lipinski definition) is 10. The molecule has 2 atom stereocenters. The van der Waals surface area contributed by atoms with E-state index in [0.29, 0.717) is 54.0 Å². The maximum Gasteiger partial charge on any atom is 0.256 e. The standard InChI is InChI=1S/C20H22N2O4.C19H20N2O4/c1-14-16(7-5-10-21-14)20(25)22-11-3-2-6-15(22)13-26-19-9-4-8-18(24)17(19)12-23;22-12-16-17(23)7-3-8-18(16)25-13-15-6-1-2-10-21(15)19(24)14-5-4-9-20-11-14/h4-5,7-10,12,15,24H,2-3,6,11,13H2,1H3;3-5,7-9,11-12,15,23H,1-2,6,10,13H2/t2*15-/m00/s1. The molecule has 0 unspecified atom stereocenters. The molecule has 12 nitrogen and oxygen atoms in total. The van der Waals surface area contributed by atoms with Gasteiger partial charge in [-0.15, -0.1) is 0 Å².